The molecule has 0 aliphatic carbocycles. The van der Waals surface area contributed by atoms with Gasteiger partial charge in [0.2, 0.25) is 17.6 Å². The molecule has 9 heteroatoms. The number of primary amides is 1. The van der Waals surface area contributed by atoms with Gasteiger partial charge in [-0.05, 0) is 37.1 Å². The number of benzene rings is 2. The van der Waals surface area contributed by atoms with Gasteiger partial charge in [-0.25, -0.2) is 0 Å². The third-order valence-corrected chi connectivity index (χ3v) is 6.20. The molecule has 1 aliphatic rings. The fraction of sp³-hybridized carbons (Fsp3) is 0.391. The van der Waals surface area contributed by atoms with Crippen LogP contribution in [-0.4, -0.2) is 62.4 Å². The van der Waals surface area contributed by atoms with Crippen molar-refractivity contribution in [2.75, 3.05) is 44.9 Å². The topological polar surface area (TPSA) is 103 Å². The minimum absolute atomic E-state index is 0.0189. The van der Waals surface area contributed by atoms with Crippen LogP contribution in [0.1, 0.15) is 12.8 Å². The van der Waals surface area contributed by atoms with Crippen molar-refractivity contribution in [1.82, 2.24) is 4.90 Å². The molecule has 32 heavy (non-hydrogen) atoms. The van der Waals surface area contributed by atoms with Gasteiger partial charge in [-0.2, -0.15) is 0 Å². The SMILES string of the molecule is COc1cccc(OC)c1OC1CCN(CC(=O)Nc2ccccc2SCC(N)=O)CC1. The summed E-state index contributed by atoms with van der Waals surface area (Å²) in [5, 5.41) is 2.94. The Morgan fingerprint density at radius 3 is 2.34 bits per heavy atom. The lowest BCUT2D eigenvalue weighted by molar-refractivity contribution is -0.118. The number of nitrogens with two attached hydrogens (primary N) is 1. The van der Waals surface area contributed by atoms with E-state index >= 15 is 0 Å². The summed E-state index contributed by atoms with van der Waals surface area (Å²) in [6.45, 7) is 1.78. The third-order valence-electron chi connectivity index (χ3n) is 5.10. The van der Waals surface area contributed by atoms with E-state index in [1.54, 1.807) is 14.2 Å². The number of thioether (sulfide) groups is 1. The number of nitrogens with zero attached hydrogens (tertiary/aromatic N) is 1. The Morgan fingerprint density at radius 1 is 1.06 bits per heavy atom. The zero-order chi connectivity index (χ0) is 22.9. The number of likely N-dealkylation sites (tertiary alicyclic amines) is 1. The summed E-state index contributed by atoms with van der Waals surface area (Å²) in [7, 11) is 3.21. The molecular formula is C23H29N3O5S. The van der Waals surface area contributed by atoms with E-state index in [-0.39, 0.29) is 17.8 Å². The fourth-order valence-corrected chi connectivity index (χ4v) is 4.27. The second kappa shape index (κ2) is 11.6. The molecule has 0 aromatic heterocycles. The van der Waals surface area contributed by atoms with Crippen molar-refractivity contribution < 1.29 is 23.8 Å². The predicted octanol–water partition coefficient (Wildman–Crippen LogP) is 2.76. The number of piperidine rings is 1. The van der Waals surface area contributed by atoms with Gasteiger partial charge in [0, 0.05) is 18.0 Å². The van der Waals surface area contributed by atoms with E-state index < -0.39 is 5.91 Å². The second-order valence-electron chi connectivity index (χ2n) is 7.38. The van der Waals surface area contributed by atoms with Gasteiger partial charge >= 0.3 is 0 Å². The first-order chi connectivity index (χ1) is 15.5. The van der Waals surface area contributed by atoms with Crippen molar-refractivity contribution in [1.29, 1.82) is 0 Å². The number of carbonyl (C=O) groups is 2. The summed E-state index contributed by atoms with van der Waals surface area (Å²) in [6.07, 6.45) is 1.60. The number of para-hydroxylation sites is 2. The molecule has 0 unspecified atom stereocenters. The molecule has 0 saturated carbocycles. The second-order valence-corrected chi connectivity index (χ2v) is 8.40. The summed E-state index contributed by atoms with van der Waals surface area (Å²) in [5.41, 5.74) is 5.91. The van der Waals surface area contributed by atoms with E-state index in [4.69, 9.17) is 19.9 Å². The molecule has 3 N–H and O–H groups in total. The van der Waals surface area contributed by atoms with E-state index in [0.717, 1.165) is 30.8 Å². The lowest BCUT2D eigenvalue weighted by Gasteiger charge is -2.32. The molecular weight excluding hydrogens is 430 g/mol. The van der Waals surface area contributed by atoms with Crippen LogP contribution in [0.15, 0.2) is 47.4 Å². The highest BCUT2D eigenvalue weighted by atomic mass is 32.2. The highest BCUT2D eigenvalue weighted by Crippen LogP contribution is 2.38. The van der Waals surface area contributed by atoms with E-state index in [1.165, 1.54) is 11.8 Å². The largest absolute Gasteiger partial charge is 0.493 e. The van der Waals surface area contributed by atoms with Crippen molar-refractivity contribution in [3.05, 3.63) is 42.5 Å². The summed E-state index contributed by atoms with van der Waals surface area (Å²) < 4.78 is 17.0. The van der Waals surface area contributed by atoms with Crippen LogP contribution < -0.4 is 25.3 Å². The Morgan fingerprint density at radius 2 is 1.72 bits per heavy atom. The Hall–Kier alpha value is -2.91. The maximum absolute atomic E-state index is 12.6. The van der Waals surface area contributed by atoms with Crippen molar-refractivity contribution in [2.24, 2.45) is 5.73 Å². The summed E-state index contributed by atoms with van der Waals surface area (Å²) in [6, 6.07) is 12.9. The Bertz CT molecular complexity index is 909. The van der Waals surface area contributed by atoms with Gasteiger partial charge < -0.3 is 25.3 Å². The number of anilines is 1. The van der Waals surface area contributed by atoms with E-state index in [1.807, 2.05) is 42.5 Å². The summed E-state index contributed by atoms with van der Waals surface area (Å²) >= 11 is 1.31. The van der Waals surface area contributed by atoms with Crippen LogP contribution in [-0.2, 0) is 9.59 Å². The Balaban J connectivity index is 1.51. The lowest BCUT2D eigenvalue weighted by atomic mass is 10.1. The molecule has 0 bridgehead atoms. The average Bonchev–Trinajstić information content (AvgIpc) is 2.79. The van der Waals surface area contributed by atoms with E-state index in [9.17, 15) is 9.59 Å². The molecule has 1 aliphatic heterocycles. The lowest BCUT2D eigenvalue weighted by Crippen LogP contribution is -2.42. The first-order valence-corrected chi connectivity index (χ1v) is 11.4. The van der Waals surface area contributed by atoms with E-state index in [2.05, 4.69) is 10.2 Å². The molecule has 8 nitrogen and oxygen atoms in total. The molecule has 0 spiro atoms. The zero-order valence-electron chi connectivity index (χ0n) is 18.3. The molecule has 1 fully saturated rings. The third kappa shape index (κ3) is 6.54. The molecule has 1 heterocycles. The zero-order valence-corrected chi connectivity index (χ0v) is 19.2. The van der Waals surface area contributed by atoms with Crippen LogP contribution >= 0.6 is 11.8 Å². The number of hydrogen-bond donors (Lipinski definition) is 2. The number of nitrogens with one attached hydrogen (secondary N) is 1. The van der Waals surface area contributed by atoms with Crippen LogP contribution in [0.4, 0.5) is 5.69 Å². The number of methoxy groups -OCH3 is 2. The van der Waals surface area contributed by atoms with Crippen molar-refractivity contribution >= 4 is 29.3 Å². The quantitative estimate of drug-likeness (QED) is 0.527. The Kier molecular flexibility index (Phi) is 8.64. The van der Waals surface area contributed by atoms with Gasteiger partial charge in [0.05, 0.1) is 32.2 Å². The standard InChI is InChI=1S/C23H29N3O5S/c1-29-18-7-5-8-19(30-2)23(18)31-16-10-12-26(13-11-16)14-22(28)25-17-6-3-4-9-20(17)32-15-21(24)27/h3-9,16H,10-15H2,1-2H3,(H2,24,27)(H,25,28). The van der Waals surface area contributed by atoms with Gasteiger partial charge in [-0.15, -0.1) is 11.8 Å². The highest BCUT2D eigenvalue weighted by Gasteiger charge is 2.24. The maximum Gasteiger partial charge on any atom is 0.238 e. The van der Waals surface area contributed by atoms with Gasteiger partial charge in [0.1, 0.15) is 6.10 Å². The number of amides is 2. The average molecular weight is 460 g/mol. The van der Waals surface area contributed by atoms with Gasteiger partial charge in [-0.3, -0.25) is 14.5 Å². The Labute approximate surface area is 192 Å². The summed E-state index contributed by atoms with van der Waals surface area (Å²) in [4.78, 5) is 26.6. The first kappa shape index (κ1) is 23.7. The van der Waals surface area contributed by atoms with Crippen molar-refractivity contribution in [3.8, 4) is 17.2 Å². The normalized spacial score (nSPS) is 14.6. The van der Waals surface area contributed by atoms with Gasteiger partial charge in [-0.1, -0.05) is 18.2 Å². The minimum atomic E-state index is -0.396. The number of rotatable bonds is 10. The number of hydrogen-bond acceptors (Lipinski definition) is 7. The number of ether oxygens (including phenoxy) is 3. The molecule has 2 amide bonds. The summed E-state index contributed by atoms with van der Waals surface area (Å²) in [5.74, 6) is 1.56. The predicted molar refractivity (Wildman–Crippen MR) is 125 cm³/mol. The van der Waals surface area contributed by atoms with Gasteiger partial charge in [0.25, 0.3) is 0 Å². The van der Waals surface area contributed by atoms with Crippen LogP contribution in [0, 0.1) is 0 Å². The van der Waals surface area contributed by atoms with Crippen LogP contribution in [0.25, 0.3) is 0 Å². The molecule has 0 radical (unpaired) electrons. The molecule has 0 atom stereocenters. The van der Waals surface area contributed by atoms with Crippen LogP contribution in [0.3, 0.4) is 0 Å². The van der Waals surface area contributed by atoms with Crippen molar-refractivity contribution in [3.63, 3.8) is 0 Å². The highest BCUT2D eigenvalue weighted by molar-refractivity contribution is 8.00. The maximum atomic E-state index is 12.6. The molecule has 2 aromatic rings. The van der Waals surface area contributed by atoms with Gasteiger partial charge in [0.15, 0.2) is 11.5 Å². The molecule has 2 aromatic carbocycles. The van der Waals surface area contributed by atoms with E-state index in [0.29, 0.717) is 29.5 Å². The minimum Gasteiger partial charge on any atom is -0.493 e. The van der Waals surface area contributed by atoms with Crippen molar-refractivity contribution in [2.45, 2.75) is 23.8 Å². The van der Waals surface area contributed by atoms with Crippen LogP contribution in [0.5, 0.6) is 17.2 Å². The number of carbonyl (C=O) groups excluding carboxylic acids is 2. The molecule has 172 valence electrons. The molecule has 1 saturated heterocycles. The fourth-order valence-electron chi connectivity index (χ4n) is 3.52. The smallest absolute Gasteiger partial charge is 0.238 e. The molecule has 3 rings (SSSR count). The van der Waals surface area contributed by atoms with Crippen LogP contribution in [0.2, 0.25) is 0 Å². The monoisotopic (exact) mass is 459 g/mol. The first-order valence-electron chi connectivity index (χ1n) is 10.4.